The molecule has 2 heterocycles. The van der Waals surface area contributed by atoms with Crippen molar-refractivity contribution >= 4 is 23.0 Å². The minimum Gasteiger partial charge on any atom is -0.456 e. The normalized spacial score (nSPS) is 23.9. The predicted octanol–water partition coefficient (Wildman–Crippen LogP) is 2.11. The summed E-state index contributed by atoms with van der Waals surface area (Å²) in [5.41, 5.74) is 0.853. The fraction of sp³-hybridized carbons (Fsp3) is 0.444. The molecule has 1 aliphatic rings. The van der Waals surface area contributed by atoms with Crippen LogP contribution in [0.4, 0.5) is 14.5 Å². The van der Waals surface area contributed by atoms with Crippen molar-refractivity contribution in [2.24, 2.45) is 0 Å². The van der Waals surface area contributed by atoms with E-state index in [1.165, 1.54) is 11.3 Å². The lowest BCUT2D eigenvalue weighted by Gasteiger charge is -2.09. The second kappa shape index (κ2) is 3.77. The molecular weight excluding hydrogens is 224 g/mol. The monoisotopic (exact) mass is 233 g/mol. The van der Waals surface area contributed by atoms with Gasteiger partial charge >= 0.3 is 11.9 Å². The molecule has 2 rings (SSSR count). The number of alkyl halides is 2. The smallest absolute Gasteiger partial charge is 0.377 e. The van der Waals surface area contributed by atoms with E-state index in [1.807, 2.05) is 16.8 Å². The molecule has 1 aromatic rings. The van der Waals surface area contributed by atoms with Crippen LogP contribution in [0.2, 0.25) is 0 Å². The van der Waals surface area contributed by atoms with E-state index in [1.54, 1.807) is 0 Å². The molecule has 0 amide bonds. The van der Waals surface area contributed by atoms with E-state index in [0.29, 0.717) is 0 Å². The molecule has 0 bridgehead atoms. The molecule has 1 N–H and O–H groups in total. The third-order valence-corrected chi connectivity index (χ3v) is 2.79. The Kier molecular flexibility index (Phi) is 2.60. The van der Waals surface area contributed by atoms with Crippen molar-refractivity contribution in [1.82, 2.24) is 0 Å². The topological polar surface area (TPSA) is 38.3 Å². The van der Waals surface area contributed by atoms with Crippen LogP contribution in [0.25, 0.3) is 0 Å². The first kappa shape index (κ1) is 10.4. The van der Waals surface area contributed by atoms with Gasteiger partial charge in [-0.2, -0.15) is 20.1 Å². The summed E-state index contributed by atoms with van der Waals surface area (Å²) in [5, 5.41) is 6.65. The number of esters is 1. The Hall–Kier alpha value is -1.17. The number of nitrogens with one attached hydrogen (secondary N) is 1. The van der Waals surface area contributed by atoms with Crippen LogP contribution >= 0.6 is 11.3 Å². The van der Waals surface area contributed by atoms with Crippen molar-refractivity contribution in [3.63, 3.8) is 0 Å². The number of anilines is 1. The maximum absolute atomic E-state index is 12.8. The minimum absolute atomic E-state index is 0.220. The zero-order valence-corrected chi connectivity index (χ0v) is 8.52. The molecule has 1 aromatic heterocycles. The number of halogens is 2. The molecule has 1 fully saturated rings. The van der Waals surface area contributed by atoms with E-state index < -0.39 is 24.4 Å². The van der Waals surface area contributed by atoms with Crippen molar-refractivity contribution in [2.45, 2.75) is 18.4 Å². The third-order valence-electron chi connectivity index (χ3n) is 2.11. The molecule has 0 spiro atoms. The van der Waals surface area contributed by atoms with Crippen LogP contribution in [0.5, 0.6) is 0 Å². The van der Waals surface area contributed by atoms with Crippen LogP contribution in [0.1, 0.15) is 6.42 Å². The van der Waals surface area contributed by atoms with Crippen LogP contribution in [-0.4, -0.2) is 24.5 Å². The average molecular weight is 233 g/mol. The lowest BCUT2D eigenvalue weighted by atomic mass is 10.2. The Labute approximate surface area is 89.0 Å². The summed E-state index contributed by atoms with van der Waals surface area (Å²) >= 11 is 1.50. The van der Waals surface area contributed by atoms with Crippen LogP contribution in [-0.2, 0) is 9.53 Å². The van der Waals surface area contributed by atoms with Gasteiger partial charge < -0.3 is 10.1 Å². The first-order valence-electron chi connectivity index (χ1n) is 4.43. The number of carbonyl (C=O) groups is 1. The zero-order valence-electron chi connectivity index (χ0n) is 7.70. The van der Waals surface area contributed by atoms with Gasteiger partial charge in [-0.05, 0) is 11.4 Å². The Balaban J connectivity index is 1.85. The van der Waals surface area contributed by atoms with Gasteiger partial charge in [-0.1, -0.05) is 0 Å². The van der Waals surface area contributed by atoms with Crippen molar-refractivity contribution in [3.05, 3.63) is 16.8 Å². The van der Waals surface area contributed by atoms with E-state index in [4.69, 9.17) is 0 Å². The molecule has 1 aliphatic heterocycles. The fourth-order valence-electron chi connectivity index (χ4n) is 1.36. The first-order chi connectivity index (χ1) is 7.08. The summed E-state index contributed by atoms with van der Waals surface area (Å²) in [6, 6.07) is 1.83. The van der Waals surface area contributed by atoms with E-state index in [-0.39, 0.29) is 6.54 Å². The molecule has 1 atom stereocenters. The summed E-state index contributed by atoms with van der Waals surface area (Å²) in [5.74, 6) is -4.74. The van der Waals surface area contributed by atoms with Crippen molar-refractivity contribution < 1.29 is 18.3 Å². The number of rotatable bonds is 3. The Morgan fingerprint density at radius 2 is 2.47 bits per heavy atom. The highest BCUT2D eigenvalue weighted by Gasteiger charge is 2.50. The molecule has 6 heteroatoms. The van der Waals surface area contributed by atoms with Crippen LogP contribution < -0.4 is 5.32 Å². The molecular formula is C9H9F2NO2S. The van der Waals surface area contributed by atoms with Crippen LogP contribution in [0.15, 0.2) is 16.8 Å². The standard InChI is InChI=1S/C9H9F2NO2S/c10-9(11)3-7(14-8(9)13)4-12-6-1-2-15-5-6/h1-2,5,7,12H,3-4H2. The molecule has 3 nitrogen and oxygen atoms in total. The lowest BCUT2D eigenvalue weighted by Crippen LogP contribution is -2.22. The maximum atomic E-state index is 12.8. The highest BCUT2D eigenvalue weighted by atomic mass is 32.1. The van der Waals surface area contributed by atoms with Crippen LogP contribution in [0, 0.1) is 0 Å². The van der Waals surface area contributed by atoms with Crippen molar-refractivity contribution in [2.75, 3.05) is 11.9 Å². The molecule has 0 radical (unpaired) electrons. The summed E-state index contributed by atoms with van der Waals surface area (Å²) in [4.78, 5) is 10.7. The number of hydrogen-bond donors (Lipinski definition) is 1. The van der Waals surface area contributed by atoms with E-state index in [2.05, 4.69) is 10.1 Å². The van der Waals surface area contributed by atoms with E-state index in [0.717, 1.165) is 5.69 Å². The van der Waals surface area contributed by atoms with Gasteiger partial charge in [-0.3, -0.25) is 0 Å². The Morgan fingerprint density at radius 1 is 1.67 bits per heavy atom. The molecule has 1 saturated heterocycles. The van der Waals surface area contributed by atoms with Gasteiger partial charge in [0.15, 0.2) is 0 Å². The molecule has 0 aromatic carbocycles. The van der Waals surface area contributed by atoms with Crippen molar-refractivity contribution in [1.29, 1.82) is 0 Å². The second-order valence-electron chi connectivity index (χ2n) is 3.33. The fourth-order valence-corrected chi connectivity index (χ4v) is 1.97. The van der Waals surface area contributed by atoms with Gasteiger partial charge in [-0.15, -0.1) is 0 Å². The third kappa shape index (κ3) is 2.26. The van der Waals surface area contributed by atoms with Gasteiger partial charge in [0, 0.05) is 11.1 Å². The highest BCUT2D eigenvalue weighted by Crippen LogP contribution is 2.30. The van der Waals surface area contributed by atoms with Gasteiger partial charge in [0.25, 0.3) is 0 Å². The minimum atomic E-state index is -3.32. The predicted molar refractivity (Wildman–Crippen MR) is 52.3 cm³/mol. The van der Waals surface area contributed by atoms with Crippen LogP contribution in [0.3, 0.4) is 0 Å². The summed E-state index contributed by atoms with van der Waals surface area (Å²) in [6.07, 6.45) is -1.28. The molecule has 15 heavy (non-hydrogen) atoms. The number of hydrogen-bond acceptors (Lipinski definition) is 4. The second-order valence-corrected chi connectivity index (χ2v) is 4.11. The maximum Gasteiger partial charge on any atom is 0.377 e. The molecule has 82 valence electrons. The number of carbonyl (C=O) groups excluding carboxylic acids is 1. The summed E-state index contributed by atoms with van der Waals surface area (Å²) in [7, 11) is 0. The van der Waals surface area contributed by atoms with Gasteiger partial charge in [0.1, 0.15) is 6.10 Å². The van der Waals surface area contributed by atoms with Gasteiger partial charge in [-0.25, -0.2) is 4.79 Å². The quantitative estimate of drug-likeness (QED) is 0.812. The van der Waals surface area contributed by atoms with Crippen molar-refractivity contribution in [3.8, 4) is 0 Å². The number of cyclic esters (lactones) is 1. The number of ether oxygens (including phenoxy) is 1. The largest absolute Gasteiger partial charge is 0.456 e. The Bertz CT molecular complexity index is 353. The summed E-state index contributed by atoms with van der Waals surface area (Å²) in [6.45, 7) is 0.220. The first-order valence-corrected chi connectivity index (χ1v) is 5.37. The molecule has 1 unspecified atom stereocenters. The Morgan fingerprint density at radius 3 is 3.00 bits per heavy atom. The number of thiophene rings is 1. The van der Waals surface area contributed by atoms with E-state index >= 15 is 0 Å². The SMILES string of the molecule is O=C1OC(CNc2ccsc2)CC1(F)F. The zero-order chi connectivity index (χ0) is 10.9. The summed E-state index contributed by atoms with van der Waals surface area (Å²) < 4.78 is 30.0. The highest BCUT2D eigenvalue weighted by molar-refractivity contribution is 7.08. The molecule has 0 aliphatic carbocycles. The average Bonchev–Trinajstić information content (AvgIpc) is 2.72. The molecule has 0 saturated carbocycles. The van der Waals surface area contributed by atoms with Gasteiger partial charge in [0.05, 0.1) is 13.0 Å². The van der Waals surface area contributed by atoms with Gasteiger partial charge in [0.2, 0.25) is 0 Å². The van der Waals surface area contributed by atoms with E-state index in [9.17, 15) is 13.6 Å². The lowest BCUT2D eigenvalue weighted by molar-refractivity contribution is -0.158.